The second-order valence-corrected chi connectivity index (χ2v) is 4.97. The highest BCUT2D eigenvalue weighted by atomic mass is 79.9. The van der Waals surface area contributed by atoms with E-state index in [1.807, 2.05) is 0 Å². The van der Waals surface area contributed by atoms with Crippen LogP contribution >= 0.6 is 15.9 Å². The molecule has 1 aromatic carbocycles. The van der Waals surface area contributed by atoms with Crippen molar-refractivity contribution in [1.82, 2.24) is 5.32 Å². The van der Waals surface area contributed by atoms with Crippen LogP contribution in [-0.4, -0.2) is 18.5 Å². The number of hydrogen-bond donors (Lipinski definition) is 2. The molecule has 1 unspecified atom stereocenters. The van der Waals surface area contributed by atoms with E-state index in [4.69, 9.17) is 0 Å². The summed E-state index contributed by atoms with van der Waals surface area (Å²) in [5.74, 6) is -0.288. The minimum absolute atomic E-state index is 0.0166. The number of nitrogens with one attached hydrogen (secondary N) is 2. The quantitative estimate of drug-likeness (QED) is 0.882. The Morgan fingerprint density at radius 1 is 1.41 bits per heavy atom. The van der Waals surface area contributed by atoms with Gasteiger partial charge in [0.1, 0.15) is 11.9 Å². The molecule has 1 fully saturated rings. The van der Waals surface area contributed by atoms with Gasteiger partial charge in [0, 0.05) is 12.2 Å². The third-order valence-electron chi connectivity index (χ3n) is 2.80. The van der Waals surface area contributed by atoms with Crippen molar-refractivity contribution in [3.63, 3.8) is 0 Å². The van der Waals surface area contributed by atoms with Crippen molar-refractivity contribution >= 4 is 27.5 Å². The SMILES string of the molecule is O=C1NCCCCC1Nc1ccc(F)c(Br)c1. The van der Waals surface area contributed by atoms with Gasteiger partial charge in [0.2, 0.25) is 5.91 Å². The van der Waals surface area contributed by atoms with Gasteiger partial charge in [-0.25, -0.2) is 4.39 Å². The first-order valence-corrected chi connectivity index (χ1v) is 6.45. The maximum Gasteiger partial charge on any atom is 0.242 e. The molecule has 2 N–H and O–H groups in total. The fraction of sp³-hybridized carbons (Fsp3) is 0.417. The zero-order valence-electron chi connectivity index (χ0n) is 9.30. The van der Waals surface area contributed by atoms with E-state index in [1.165, 1.54) is 6.07 Å². The van der Waals surface area contributed by atoms with Gasteiger partial charge < -0.3 is 10.6 Å². The van der Waals surface area contributed by atoms with E-state index in [1.54, 1.807) is 12.1 Å². The molecular weight excluding hydrogens is 287 g/mol. The van der Waals surface area contributed by atoms with Crippen molar-refractivity contribution in [2.24, 2.45) is 0 Å². The summed E-state index contributed by atoms with van der Waals surface area (Å²) in [7, 11) is 0. The summed E-state index contributed by atoms with van der Waals surface area (Å²) in [6.07, 6.45) is 2.83. The van der Waals surface area contributed by atoms with E-state index < -0.39 is 0 Å². The summed E-state index contributed by atoms with van der Waals surface area (Å²) in [6.45, 7) is 0.740. The maximum atomic E-state index is 13.1. The van der Waals surface area contributed by atoms with Crippen LogP contribution < -0.4 is 10.6 Å². The summed E-state index contributed by atoms with van der Waals surface area (Å²) in [4.78, 5) is 11.7. The van der Waals surface area contributed by atoms with Crippen molar-refractivity contribution in [2.75, 3.05) is 11.9 Å². The minimum atomic E-state index is -0.305. The molecule has 0 aliphatic carbocycles. The first kappa shape index (κ1) is 12.4. The first-order valence-electron chi connectivity index (χ1n) is 5.66. The molecule has 3 nitrogen and oxygen atoms in total. The highest BCUT2D eigenvalue weighted by Gasteiger charge is 2.20. The fourth-order valence-corrected chi connectivity index (χ4v) is 2.24. The summed E-state index contributed by atoms with van der Waals surface area (Å²) in [5.41, 5.74) is 0.750. The van der Waals surface area contributed by atoms with E-state index in [0.29, 0.717) is 4.47 Å². The molecule has 1 aromatic rings. The molecule has 1 aliphatic rings. The number of carbonyl (C=O) groups is 1. The third-order valence-corrected chi connectivity index (χ3v) is 3.40. The zero-order chi connectivity index (χ0) is 12.3. The minimum Gasteiger partial charge on any atom is -0.374 e. The van der Waals surface area contributed by atoms with Crippen LogP contribution in [0.3, 0.4) is 0 Å². The van der Waals surface area contributed by atoms with Gasteiger partial charge in [-0.05, 0) is 53.4 Å². The maximum absolute atomic E-state index is 13.1. The molecule has 5 heteroatoms. The molecule has 2 rings (SSSR count). The van der Waals surface area contributed by atoms with Gasteiger partial charge in [-0.15, -0.1) is 0 Å². The van der Waals surface area contributed by atoms with Crippen LogP contribution in [0, 0.1) is 5.82 Å². The van der Waals surface area contributed by atoms with Crippen molar-refractivity contribution in [3.05, 3.63) is 28.5 Å². The molecular formula is C12H14BrFN2O. The summed E-state index contributed by atoms with van der Waals surface area (Å²) >= 11 is 3.13. The Labute approximate surface area is 108 Å². The zero-order valence-corrected chi connectivity index (χ0v) is 10.9. The second-order valence-electron chi connectivity index (χ2n) is 4.11. The van der Waals surface area contributed by atoms with E-state index in [9.17, 15) is 9.18 Å². The average molecular weight is 301 g/mol. The van der Waals surface area contributed by atoms with Crippen molar-refractivity contribution in [1.29, 1.82) is 0 Å². The van der Waals surface area contributed by atoms with Crippen LogP contribution in [0.25, 0.3) is 0 Å². The van der Waals surface area contributed by atoms with Gasteiger partial charge in [-0.2, -0.15) is 0 Å². The number of anilines is 1. The lowest BCUT2D eigenvalue weighted by Crippen LogP contribution is -2.37. The van der Waals surface area contributed by atoms with Gasteiger partial charge in [0.15, 0.2) is 0 Å². The molecule has 1 aliphatic heterocycles. The molecule has 1 amide bonds. The lowest BCUT2D eigenvalue weighted by atomic mass is 10.1. The molecule has 0 saturated carbocycles. The molecule has 1 saturated heterocycles. The van der Waals surface area contributed by atoms with Crippen LogP contribution in [0.2, 0.25) is 0 Å². The Kier molecular flexibility index (Phi) is 3.99. The highest BCUT2D eigenvalue weighted by molar-refractivity contribution is 9.10. The number of hydrogen-bond acceptors (Lipinski definition) is 2. The third kappa shape index (κ3) is 3.19. The summed E-state index contributed by atoms with van der Waals surface area (Å²) < 4.78 is 13.5. The predicted molar refractivity (Wildman–Crippen MR) is 68.4 cm³/mol. The summed E-state index contributed by atoms with van der Waals surface area (Å²) in [6, 6.07) is 4.43. The predicted octanol–water partition coefficient (Wildman–Crippen LogP) is 2.67. The number of benzene rings is 1. The summed E-state index contributed by atoms with van der Waals surface area (Å²) in [5, 5.41) is 5.98. The van der Waals surface area contributed by atoms with E-state index in [-0.39, 0.29) is 17.8 Å². The normalized spacial score (nSPS) is 20.6. The van der Waals surface area contributed by atoms with Gasteiger partial charge in [0.05, 0.1) is 4.47 Å². The largest absolute Gasteiger partial charge is 0.374 e. The second kappa shape index (κ2) is 5.49. The van der Waals surface area contributed by atoms with Gasteiger partial charge in [-0.3, -0.25) is 4.79 Å². The van der Waals surface area contributed by atoms with E-state index in [0.717, 1.165) is 31.5 Å². The number of carbonyl (C=O) groups excluding carboxylic acids is 1. The molecule has 0 bridgehead atoms. The van der Waals surface area contributed by atoms with Crippen molar-refractivity contribution in [3.8, 4) is 0 Å². The van der Waals surface area contributed by atoms with Crippen molar-refractivity contribution < 1.29 is 9.18 Å². The fourth-order valence-electron chi connectivity index (χ4n) is 1.86. The van der Waals surface area contributed by atoms with Crippen LogP contribution in [0.1, 0.15) is 19.3 Å². The lowest BCUT2D eigenvalue weighted by Gasteiger charge is -2.16. The lowest BCUT2D eigenvalue weighted by molar-refractivity contribution is -0.121. The van der Waals surface area contributed by atoms with Crippen LogP contribution in [-0.2, 0) is 4.79 Å². The number of amides is 1. The molecule has 0 aromatic heterocycles. The Balaban J connectivity index is 2.08. The van der Waals surface area contributed by atoms with Gasteiger partial charge in [0.25, 0.3) is 0 Å². The Morgan fingerprint density at radius 3 is 3.00 bits per heavy atom. The molecule has 1 heterocycles. The van der Waals surface area contributed by atoms with E-state index >= 15 is 0 Å². The standard InChI is InChI=1S/C12H14BrFN2O/c13-9-7-8(4-5-10(9)14)16-11-3-1-2-6-15-12(11)17/h4-5,7,11,16H,1-3,6H2,(H,15,17). The van der Waals surface area contributed by atoms with E-state index in [2.05, 4.69) is 26.6 Å². The highest BCUT2D eigenvalue weighted by Crippen LogP contribution is 2.21. The Morgan fingerprint density at radius 2 is 2.24 bits per heavy atom. The van der Waals surface area contributed by atoms with Crippen molar-refractivity contribution in [2.45, 2.75) is 25.3 Å². The Hall–Kier alpha value is -1.10. The van der Waals surface area contributed by atoms with Crippen LogP contribution in [0.15, 0.2) is 22.7 Å². The Bertz CT molecular complexity index is 425. The van der Waals surface area contributed by atoms with Crippen LogP contribution in [0.5, 0.6) is 0 Å². The monoisotopic (exact) mass is 300 g/mol. The number of halogens is 2. The molecule has 0 radical (unpaired) electrons. The smallest absolute Gasteiger partial charge is 0.242 e. The van der Waals surface area contributed by atoms with Gasteiger partial charge >= 0.3 is 0 Å². The average Bonchev–Trinajstić information content (AvgIpc) is 2.50. The topological polar surface area (TPSA) is 41.1 Å². The number of rotatable bonds is 2. The van der Waals surface area contributed by atoms with Gasteiger partial charge in [-0.1, -0.05) is 0 Å². The molecule has 1 atom stereocenters. The molecule has 92 valence electrons. The van der Waals surface area contributed by atoms with Crippen LogP contribution in [0.4, 0.5) is 10.1 Å². The molecule has 17 heavy (non-hydrogen) atoms. The first-order chi connectivity index (χ1) is 8.16. The molecule has 0 spiro atoms.